The Morgan fingerprint density at radius 1 is 1.18 bits per heavy atom. The van der Waals surface area contributed by atoms with Crippen molar-refractivity contribution in [1.29, 1.82) is 0 Å². The molecule has 0 aliphatic heterocycles. The van der Waals surface area contributed by atoms with Crippen LogP contribution in [0.1, 0.15) is 31.7 Å². The second-order valence-electron chi connectivity index (χ2n) is 4.67. The van der Waals surface area contributed by atoms with E-state index in [0.29, 0.717) is 6.07 Å². The second kappa shape index (κ2) is 5.06. The first-order chi connectivity index (χ1) is 7.77. The lowest BCUT2D eigenvalue weighted by Gasteiger charge is -2.31. The average molecular weight is 247 g/mol. The monoisotopic (exact) mass is 247 g/mol. The van der Waals surface area contributed by atoms with Crippen LogP contribution in [0.4, 0.5) is 13.2 Å². The molecule has 0 saturated heterocycles. The van der Waals surface area contributed by atoms with E-state index in [0.717, 1.165) is 6.07 Å². The molecule has 3 N–H and O–H groups in total. The van der Waals surface area contributed by atoms with E-state index in [1.54, 1.807) is 13.8 Å². The highest BCUT2D eigenvalue weighted by Crippen LogP contribution is 2.32. The third kappa shape index (κ3) is 3.20. The molecule has 0 radical (unpaired) electrons. The molecule has 0 bridgehead atoms. The van der Waals surface area contributed by atoms with E-state index in [1.807, 2.05) is 0 Å². The van der Waals surface area contributed by atoms with Gasteiger partial charge in [-0.2, -0.15) is 0 Å². The van der Waals surface area contributed by atoms with Crippen molar-refractivity contribution in [2.45, 2.75) is 31.7 Å². The van der Waals surface area contributed by atoms with Gasteiger partial charge in [-0.3, -0.25) is 0 Å². The molecule has 0 fully saturated rings. The summed E-state index contributed by atoms with van der Waals surface area (Å²) in [5.41, 5.74) is 5.01. The highest BCUT2D eigenvalue weighted by Gasteiger charge is 2.29. The summed E-state index contributed by atoms with van der Waals surface area (Å²) in [5, 5.41) is 8.93. The summed E-state index contributed by atoms with van der Waals surface area (Å²) in [7, 11) is 0. The maximum atomic E-state index is 13.6. The largest absolute Gasteiger partial charge is 0.396 e. The number of nitrogens with two attached hydrogens (primary N) is 1. The average Bonchev–Trinajstić information content (AvgIpc) is 2.19. The molecule has 17 heavy (non-hydrogen) atoms. The van der Waals surface area contributed by atoms with Crippen molar-refractivity contribution in [2.24, 2.45) is 5.73 Å². The van der Waals surface area contributed by atoms with Gasteiger partial charge in [0.1, 0.15) is 5.82 Å². The minimum Gasteiger partial charge on any atom is -0.396 e. The van der Waals surface area contributed by atoms with Crippen LogP contribution in [0.15, 0.2) is 12.1 Å². The molecule has 5 heteroatoms. The first-order valence-corrected chi connectivity index (χ1v) is 5.31. The van der Waals surface area contributed by atoms with E-state index in [1.165, 1.54) is 0 Å². The summed E-state index contributed by atoms with van der Waals surface area (Å²) in [6.45, 7) is 3.09. The van der Waals surface area contributed by atoms with E-state index in [2.05, 4.69) is 0 Å². The Morgan fingerprint density at radius 2 is 1.71 bits per heavy atom. The molecule has 0 saturated carbocycles. The molecular weight excluding hydrogens is 231 g/mol. The third-order valence-electron chi connectivity index (χ3n) is 2.73. The zero-order valence-electron chi connectivity index (χ0n) is 9.80. The highest BCUT2D eigenvalue weighted by molar-refractivity contribution is 5.26. The molecule has 1 atom stereocenters. The molecule has 2 nitrogen and oxygen atoms in total. The van der Waals surface area contributed by atoms with Gasteiger partial charge in [0.25, 0.3) is 0 Å². The van der Waals surface area contributed by atoms with Crippen LogP contribution in [0.25, 0.3) is 0 Å². The van der Waals surface area contributed by atoms with Crippen LogP contribution in [0.2, 0.25) is 0 Å². The van der Waals surface area contributed by atoms with E-state index in [4.69, 9.17) is 10.8 Å². The Kier molecular flexibility index (Phi) is 4.16. The van der Waals surface area contributed by atoms with Crippen LogP contribution in [-0.2, 0) is 0 Å². The van der Waals surface area contributed by atoms with Crippen LogP contribution in [-0.4, -0.2) is 17.3 Å². The number of aliphatic hydroxyl groups excluding tert-OH is 1. The van der Waals surface area contributed by atoms with Gasteiger partial charge in [-0.05, 0) is 31.9 Å². The summed E-state index contributed by atoms with van der Waals surface area (Å²) in [6, 6.07) is 1.31. The molecule has 0 aliphatic rings. The fraction of sp³-hybridized carbons (Fsp3) is 0.500. The maximum Gasteiger partial charge on any atom is 0.161 e. The van der Waals surface area contributed by atoms with E-state index < -0.39 is 28.9 Å². The van der Waals surface area contributed by atoms with Gasteiger partial charge in [-0.1, -0.05) is 0 Å². The SMILES string of the molecule is CC(C)(N)C(CCO)c1cc(F)c(F)cc1F. The van der Waals surface area contributed by atoms with Crippen LogP contribution < -0.4 is 5.73 Å². The Balaban J connectivity index is 3.23. The molecule has 0 aliphatic carbocycles. The topological polar surface area (TPSA) is 46.2 Å². The van der Waals surface area contributed by atoms with E-state index in [-0.39, 0.29) is 18.6 Å². The molecule has 1 rings (SSSR count). The zero-order chi connectivity index (χ0) is 13.2. The number of halogens is 3. The van der Waals surface area contributed by atoms with Crippen molar-refractivity contribution in [3.8, 4) is 0 Å². The summed E-state index contributed by atoms with van der Waals surface area (Å²) < 4.78 is 39.5. The van der Waals surface area contributed by atoms with Crippen LogP contribution >= 0.6 is 0 Å². The van der Waals surface area contributed by atoms with Crippen molar-refractivity contribution >= 4 is 0 Å². The predicted molar refractivity (Wildman–Crippen MR) is 59.0 cm³/mol. The molecule has 1 aromatic carbocycles. The van der Waals surface area contributed by atoms with E-state index in [9.17, 15) is 13.2 Å². The van der Waals surface area contributed by atoms with Crippen LogP contribution in [0, 0.1) is 17.5 Å². The minimum atomic E-state index is -1.23. The van der Waals surface area contributed by atoms with Crippen molar-refractivity contribution in [2.75, 3.05) is 6.61 Å². The first kappa shape index (κ1) is 14.0. The van der Waals surface area contributed by atoms with Crippen molar-refractivity contribution in [3.63, 3.8) is 0 Å². The maximum absolute atomic E-state index is 13.6. The molecule has 96 valence electrons. The van der Waals surface area contributed by atoms with E-state index >= 15 is 0 Å². The number of hydrogen-bond acceptors (Lipinski definition) is 2. The van der Waals surface area contributed by atoms with Gasteiger partial charge in [-0.25, -0.2) is 13.2 Å². The summed E-state index contributed by atoms with van der Waals surface area (Å²) >= 11 is 0. The molecule has 0 heterocycles. The van der Waals surface area contributed by atoms with Gasteiger partial charge in [0.15, 0.2) is 11.6 Å². The highest BCUT2D eigenvalue weighted by atomic mass is 19.2. The number of aliphatic hydroxyl groups is 1. The number of benzene rings is 1. The fourth-order valence-electron chi connectivity index (χ4n) is 1.86. The molecular formula is C12H16F3NO. The first-order valence-electron chi connectivity index (χ1n) is 5.31. The van der Waals surface area contributed by atoms with Crippen LogP contribution in [0.3, 0.4) is 0 Å². The van der Waals surface area contributed by atoms with Gasteiger partial charge in [0, 0.05) is 24.1 Å². The predicted octanol–water partition coefficient (Wildman–Crippen LogP) is 2.31. The molecule has 0 spiro atoms. The van der Waals surface area contributed by atoms with Gasteiger partial charge < -0.3 is 10.8 Å². The Hall–Kier alpha value is -1.07. The van der Waals surface area contributed by atoms with Crippen molar-refractivity contribution < 1.29 is 18.3 Å². The lowest BCUT2D eigenvalue weighted by Crippen LogP contribution is -2.40. The normalized spacial score (nSPS) is 13.8. The van der Waals surface area contributed by atoms with Crippen molar-refractivity contribution in [3.05, 3.63) is 35.1 Å². The number of hydrogen-bond donors (Lipinski definition) is 2. The summed E-state index contributed by atoms with van der Waals surface area (Å²) in [6.07, 6.45) is 0.186. The Labute approximate surface area is 98.3 Å². The molecule has 1 unspecified atom stereocenters. The fourth-order valence-corrected chi connectivity index (χ4v) is 1.86. The molecule has 0 aromatic heterocycles. The minimum absolute atomic E-state index is 0.00884. The second-order valence-corrected chi connectivity index (χ2v) is 4.67. The Bertz CT molecular complexity index is 401. The van der Waals surface area contributed by atoms with Gasteiger partial charge in [-0.15, -0.1) is 0 Å². The van der Waals surface area contributed by atoms with Crippen molar-refractivity contribution in [1.82, 2.24) is 0 Å². The summed E-state index contributed by atoms with van der Waals surface area (Å²) in [4.78, 5) is 0. The van der Waals surface area contributed by atoms with Gasteiger partial charge >= 0.3 is 0 Å². The molecule has 0 amide bonds. The standard InChI is InChI=1S/C12H16F3NO/c1-12(2,16)8(3-4-17)7-5-10(14)11(15)6-9(7)13/h5-6,8,17H,3-4,16H2,1-2H3. The van der Waals surface area contributed by atoms with Gasteiger partial charge in [0.05, 0.1) is 0 Å². The number of rotatable bonds is 4. The van der Waals surface area contributed by atoms with Crippen LogP contribution in [0.5, 0.6) is 0 Å². The lowest BCUT2D eigenvalue weighted by molar-refractivity contribution is 0.247. The zero-order valence-corrected chi connectivity index (χ0v) is 9.80. The lowest BCUT2D eigenvalue weighted by atomic mass is 9.80. The Morgan fingerprint density at radius 3 is 2.18 bits per heavy atom. The molecule has 1 aromatic rings. The quantitative estimate of drug-likeness (QED) is 0.802. The summed E-state index contributed by atoms with van der Waals surface area (Å²) in [5.74, 6) is -3.78. The smallest absolute Gasteiger partial charge is 0.161 e. The third-order valence-corrected chi connectivity index (χ3v) is 2.73. The van der Waals surface area contributed by atoms with Gasteiger partial charge in [0.2, 0.25) is 0 Å².